The SMILES string of the molecule is O=C(Nc1ccccn1)c1ccnc(N2CCCC2)c1. The van der Waals surface area contributed by atoms with Crippen LogP contribution in [0.4, 0.5) is 11.6 Å². The van der Waals surface area contributed by atoms with Crippen molar-refractivity contribution in [1.29, 1.82) is 0 Å². The molecule has 0 atom stereocenters. The van der Waals surface area contributed by atoms with E-state index in [0.29, 0.717) is 11.4 Å². The first-order valence-corrected chi connectivity index (χ1v) is 6.76. The normalized spacial score (nSPS) is 14.3. The molecule has 1 amide bonds. The summed E-state index contributed by atoms with van der Waals surface area (Å²) in [6.07, 6.45) is 5.71. The molecule has 2 aromatic rings. The molecule has 0 unspecified atom stereocenters. The predicted octanol–water partition coefficient (Wildman–Crippen LogP) is 2.33. The molecule has 0 saturated carbocycles. The minimum atomic E-state index is -0.161. The molecule has 20 heavy (non-hydrogen) atoms. The minimum Gasteiger partial charge on any atom is -0.357 e. The lowest BCUT2D eigenvalue weighted by Gasteiger charge is -2.16. The number of nitrogens with one attached hydrogen (secondary N) is 1. The van der Waals surface area contributed by atoms with Crippen LogP contribution in [0, 0.1) is 0 Å². The minimum absolute atomic E-state index is 0.161. The van der Waals surface area contributed by atoms with Crippen LogP contribution < -0.4 is 10.2 Å². The molecule has 1 aliphatic heterocycles. The van der Waals surface area contributed by atoms with Crippen molar-refractivity contribution in [2.75, 3.05) is 23.3 Å². The van der Waals surface area contributed by atoms with E-state index in [2.05, 4.69) is 20.2 Å². The monoisotopic (exact) mass is 268 g/mol. The van der Waals surface area contributed by atoms with Crippen molar-refractivity contribution in [3.8, 4) is 0 Å². The van der Waals surface area contributed by atoms with Gasteiger partial charge in [0.25, 0.3) is 5.91 Å². The Labute approximate surface area is 117 Å². The van der Waals surface area contributed by atoms with Gasteiger partial charge in [0.15, 0.2) is 0 Å². The molecule has 3 rings (SSSR count). The lowest BCUT2D eigenvalue weighted by molar-refractivity contribution is 0.102. The van der Waals surface area contributed by atoms with E-state index >= 15 is 0 Å². The second-order valence-electron chi connectivity index (χ2n) is 4.77. The maximum Gasteiger partial charge on any atom is 0.257 e. The Balaban J connectivity index is 1.76. The zero-order valence-corrected chi connectivity index (χ0v) is 11.1. The maximum absolute atomic E-state index is 12.2. The first kappa shape index (κ1) is 12.6. The van der Waals surface area contributed by atoms with Gasteiger partial charge in [-0.25, -0.2) is 9.97 Å². The zero-order chi connectivity index (χ0) is 13.8. The predicted molar refractivity (Wildman–Crippen MR) is 77.9 cm³/mol. The third kappa shape index (κ3) is 2.77. The average molecular weight is 268 g/mol. The molecule has 0 radical (unpaired) electrons. The highest BCUT2D eigenvalue weighted by molar-refractivity contribution is 6.04. The van der Waals surface area contributed by atoms with Gasteiger partial charge in [0.1, 0.15) is 11.6 Å². The van der Waals surface area contributed by atoms with E-state index in [4.69, 9.17) is 0 Å². The van der Waals surface area contributed by atoms with Gasteiger partial charge in [-0.2, -0.15) is 0 Å². The van der Waals surface area contributed by atoms with Gasteiger partial charge in [0, 0.05) is 31.0 Å². The lowest BCUT2D eigenvalue weighted by atomic mass is 10.2. The Morgan fingerprint density at radius 2 is 1.95 bits per heavy atom. The summed E-state index contributed by atoms with van der Waals surface area (Å²) in [7, 11) is 0. The number of carbonyl (C=O) groups is 1. The highest BCUT2D eigenvalue weighted by Crippen LogP contribution is 2.18. The van der Waals surface area contributed by atoms with E-state index in [1.165, 1.54) is 12.8 Å². The van der Waals surface area contributed by atoms with Crippen LogP contribution in [0.5, 0.6) is 0 Å². The van der Waals surface area contributed by atoms with Crippen LogP contribution in [0.25, 0.3) is 0 Å². The maximum atomic E-state index is 12.2. The summed E-state index contributed by atoms with van der Waals surface area (Å²) in [4.78, 5) is 22.8. The molecule has 0 aromatic carbocycles. The van der Waals surface area contributed by atoms with Gasteiger partial charge in [0.05, 0.1) is 0 Å². The Morgan fingerprint density at radius 1 is 1.10 bits per heavy atom. The van der Waals surface area contributed by atoms with Crippen LogP contribution in [0.2, 0.25) is 0 Å². The molecular weight excluding hydrogens is 252 g/mol. The summed E-state index contributed by atoms with van der Waals surface area (Å²) in [6.45, 7) is 2.02. The molecule has 1 fully saturated rings. The highest BCUT2D eigenvalue weighted by Gasteiger charge is 2.15. The molecular formula is C15H16N4O. The van der Waals surface area contributed by atoms with E-state index < -0.39 is 0 Å². The number of amides is 1. The summed E-state index contributed by atoms with van der Waals surface area (Å²) in [5, 5.41) is 2.78. The lowest BCUT2D eigenvalue weighted by Crippen LogP contribution is -2.20. The van der Waals surface area contributed by atoms with Crippen molar-refractivity contribution in [2.45, 2.75) is 12.8 Å². The Hall–Kier alpha value is -2.43. The standard InChI is InChI=1S/C15H16N4O/c20-15(18-13-5-1-2-7-16-13)12-6-8-17-14(11-12)19-9-3-4-10-19/h1-2,5-8,11H,3-4,9-10H2,(H,16,18,20). The van der Waals surface area contributed by atoms with E-state index in [1.54, 1.807) is 24.5 Å². The molecule has 5 nitrogen and oxygen atoms in total. The smallest absolute Gasteiger partial charge is 0.257 e. The number of aromatic nitrogens is 2. The molecule has 1 saturated heterocycles. The summed E-state index contributed by atoms with van der Waals surface area (Å²) in [6, 6.07) is 8.97. The second kappa shape index (κ2) is 5.69. The molecule has 3 heterocycles. The molecule has 1 aliphatic rings. The fraction of sp³-hybridized carbons (Fsp3) is 0.267. The molecule has 0 aliphatic carbocycles. The number of carbonyl (C=O) groups excluding carboxylic acids is 1. The van der Waals surface area contributed by atoms with Crippen LogP contribution in [-0.4, -0.2) is 29.0 Å². The van der Waals surface area contributed by atoms with Crippen LogP contribution in [0.3, 0.4) is 0 Å². The number of anilines is 2. The van der Waals surface area contributed by atoms with Gasteiger partial charge in [-0.15, -0.1) is 0 Å². The largest absolute Gasteiger partial charge is 0.357 e. The number of hydrogen-bond acceptors (Lipinski definition) is 4. The Bertz CT molecular complexity index is 594. The van der Waals surface area contributed by atoms with E-state index in [-0.39, 0.29) is 5.91 Å². The van der Waals surface area contributed by atoms with Crippen molar-refractivity contribution >= 4 is 17.5 Å². The quantitative estimate of drug-likeness (QED) is 0.928. The van der Waals surface area contributed by atoms with Crippen LogP contribution in [0.15, 0.2) is 42.7 Å². The average Bonchev–Trinajstić information content (AvgIpc) is 3.03. The van der Waals surface area contributed by atoms with E-state index in [0.717, 1.165) is 18.9 Å². The van der Waals surface area contributed by atoms with Crippen molar-refractivity contribution in [3.05, 3.63) is 48.3 Å². The summed E-state index contributed by atoms with van der Waals surface area (Å²) < 4.78 is 0. The van der Waals surface area contributed by atoms with E-state index in [9.17, 15) is 4.79 Å². The third-order valence-electron chi connectivity index (χ3n) is 3.34. The topological polar surface area (TPSA) is 58.1 Å². The van der Waals surface area contributed by atoms with Crippen molar-refractivity contribution in [2.24, 2.45) is 0 Å². The van der Waals surface area contributed by atoms with Gasteiger partial charge in [0.2, 0.25) is 0 Å². The molecule has 1 N–H and O–H groups in total. The molecule has 0 bridgehead atoms. The van der Waals surface area contributed by atoms with E-state index in [1.807, 2.05) is 18.2 Å². The molecule has 102 valence electrons. The number of nitrogens with zero attached hydrogens (tertiary/aromatic N) is 3. The number of pyridine rings is 2. The second-order valence-corrected chi connectivity index (χ2v) is 4.77. The van der Waals surface area contributed by atoms with Crippen LogP contribution in [0.1, 0.15) is 23.2 Å². The van der Waals surface area contributed by atoms with Gasteiger partial charge >= 0.3 is 0 Å². The van der Waals surface area contributed by atoms with Gasteiger partial charge in [-0.3, -0.25) is 4.79 Å². The van der Waals surface area contributed by atoms with Gasteiger partial charge in [-0.05, 0) is 37.1 Å². The first-order valence-electron chi connectivity index (χ1n) is 6.76. The van der Waals surface area contributed by atoms with Crippen molar-refractivity contribution in [1.82, 2.24) is 9.97 Å². The highest BCUT2D eigenvalue weighted by atomic mass is 16.1. The fourth-order valence-corrected chi connectivity index (χ4v) is 2.30. The van der Waals surface area contributed by atoms with Gasteiger partial charge in [-0.1, -0.05) is 6.07 Å². The summed E-state index contributed by atoms with van der Waals surface area (Å²) >= 11 is 0. The molecule has 5 heteroatoms. The Morgan fingerprint density at radius 3 is 2.70 bits per heavy atom. The van der Waals surface area contributed by atoms with Crippen molar-refractivity contribution in [3.63, 3.8) is 0 Å². The summed E-state index contributed by atoms with van der Waals surface area (Å²) in [5.74, 6) is 1.26. The molecule has 0 spiro atoms. The summed E-state index contributed by atoms with van der Waals surface area (Å²) in [5.41, 5.74) is 0.604. The van der Waals surface area contributed by atoms with Gasteiger partial charge < -0.3 is 10.2 Å². The zero-order valence-electron chi connectivity index (χ0n) is 11.1. The van der Waals surface area contributed by atoms with Crippen LogP contribution in [-0.2, 0) is 0 Å². The third-order valence-corrected chi connectivity index (χ3v) is 3.34. The fourth-order valence-electron chi connectivity index (χ4n) is 2.30. The number of rotatable bonds is 3. The number of hydrogen-bond donors (Lipinski definition) is 1. The Kier molecular flexibility index (Phi) is 3.58. The first-order chi connectivity index (χ1) is 9.83. The van der Waals surface area contributed by atoms with Crippen molar-refractivity contribution < 1.29 is 4.79 Å². The molecule has 2 aromatic heterocycles. The van der Waals surface area contributed by atoms with Crippen LogP contribution >= 0.6 is 0 Å².